The molecule has 2 aliphatic rings. The number of halogens is 1. The maximum absolute atomic E-state index is 13.4. The van der Waals surface area contributed by atoms with Crippen LogP contribution < -0.4 is 10.2 Å². The van der Waals surface area contributed by atoms with Gasteiger partial charge >= 0.3 is 7.60 Å². The minimum absolute atomic E-state index is 0.0381. The number of hydrogen-bond donors (Lipinski definition) is 4. The van der Waals surface area contributed by atoms with Gasteiger partial charge in [-0.3, -0.25) is 9.46 Å². The van der Waals surface area contributed by atoms with Crippen LogP contribution in [0.1, 0.15) is 42.5 Å². The Balaban J connectivity index is 1.30. The molecule has 10 heteroatoms. The minimum Gasteiger partial charge on any atom is -0.508 e. The molecule has 224 valence electrons. The Bertz CT molecular complexity index is 1620. The number of thioether (sulfide) groups is 1. The van der Waals surface area contributed by atoms with Crippen LogP contribution in [-0.4, -0.2) is 48.7 Å². The van der Waals surface area contributed by atoms with Gasteiger partial charge in [0.25, 0.3) is 0 Å². The first kappa shape index (κ1) is 29.9. The van der Waals surface area contributed by atoms with Gasteiger partial charge in [-0.1, -0.05) is 54.6 Å². The van der Waals surface area contributed by atoms with Gasteiger partial charge in [0, 0.05) is 17.3 Å². The van der Waals surface area contributed by atoms with Gasteiger partial charge in [0.05, 0.1) is 22.8 Å². The standard InChI is InChI=1S/C33H34FN2O5PS/c1-35-28(8-5-9-29(37)22-10-15-24(34)16-11-22)31(36(33-32(35)43-33)25-6-3-2-4-7-25)27-19-14-23(20-30(27)38)21-12-17-26(18-13-21)42(39,40)41/h2-4,6-7,10-20,28-29,31-33,37-38H,5,8-9H2,1H3,(H2,39,40,41). The Morgan fingerprint density at radius 2 is 1.58 bits per heavy atom. The van der Waals surface area contributed by atoms with Crippen molar-refractivity contribution in [3.63, 3.8) is 0 Å². The first-order chi connectivity index (χ1) is 20.6. The Hall–Kier alpha value is -3.17. The molecule has 0 amide bonds. The van der Waals surface area contributed by atoms with E-state index in [1.165, 1.54) is 24.3 Å². The Labute approximate surface area is 254 Å². The van der Waals surface area contributed by atoms with Gasteiger partial charge in [-0.15, -0.1) is 11.8 Å². The fourth-order valence-electron chi connectivity index (χ4n) is 6.17. The van der Waals surface area contributed by atoms with Crippen molar-refractivity contribution in [3.05, 3.63) is 114 Å². The lowest BCUT2D eigenvalue weighted by Crippen LogP contribution is -2.53. The van der Waals surface area contributed by atoms with E-state index in [2.05, 4.69) is 29.0 Å². The molecule has 4 N–H and O–H groups in total. The lowest BCUT2D eigenvalue weighted by Gasteiger charge is -2.47. The summed E-state index contributed by atoms with van der Waals surface area (Å²) in [6.45, 7) is 0. The highest BCUT2D eigenvalue weighted by Crippen LogP contribution is 2.57. The second-order valence-electron chi connectivity index (χ2n) is 11.2. The van der Waals surface area contributed by atoms with E-state index in [4.69, 9.17) is 0 Å². The summed E-state index contributed by atoms with van der Waals surface area (Å²) in [6.07, 6.45) is 1.35. The van der Waals surface area contributed by atoms with Crippen LogP contribution in [0.3, 0.4) is 0 Å². The number of anilines is 1. The number of para-hydroxylation sites is 1. The molecule has 2 fully saturated rings. The monoisotopic (exact) mass is 620 g/mol. The number of nitrogens with zero attached hydrogens (tertiary/aromatic N) is 2. The Kier molecular flexibility index (Phi) is 8.39. The zero-order valence-electron chi connectivity index (χ0n) is 23.6. The topological polar surface area (TPSA) is 104 Å². The highest BCUT2D eigenvalue weighted by atomic mass is 32.2. The maximum atomic E-state index is 13.4. The molecule has 0 aromatic heterocycles. The number of rotatable bonds is 9. The summed E-state index contributed by atoms with van der Waals surface area (Å²) in [5.41, 5.74) is 4.05. The van der Waals surface area contributed by atoms with Gasteiger partial charge in [0.1, 0.15) is 16.9 Å². The average molecular weight is 621 g/mol. The number of piperazine rings is 1. The molecule has 2 heterocycles. The molecule has 0 radical (unpaired) electrons. The van der Waals surface area contributed by atoms with Crippen molar-refractivity contribution >= 4 is 30.3 Å². The zero-order valence-corrected chi connectivity index (χ0v) is 25.3. The molecule has 2 saturated heterocycles. The summed E-state index contributed by atoms with van der Waals surface area (Å²) in [5, 5.41) is 22.8. The summed E-state index contributed by atoms with van der Waals surface area (Å²) < 4.78 is 25.0. The van der Waals surface area contributed by atoms with E-state index in [0.717, 1.165) is 35.2 Å². The quantitative estimate of drug-likeness (QED) is 0.130. The second-order valence-corrected chi connectivity index (χ2v) is 14.0. The van der Waals surface area contributed by atoms with E-state index in [1.807, 2.05) is 42.1 Å². The van der Waals surface area contributed by atoms with E-state index in [9.17, 15) is 29.0 Å². The Morgan fingerprint density at radius 3 is 2.23 bits per heavy atom. The summed E-state index contributed by atoms with van der Waals surface area (Å²) in [4.78, 5) is 23.7. The predicted molar refractivity (Wildman–Crippen MR) is 169 cm³/mol. The molecule has 0 spiro atoms. The van der Waals surface area contributed by atoms with Gasteiger partial charge in [0.15, 0.2) is 0 Å². The lowest BCUT2D eigenvalue weighted by molar-refractivity contribution is 0.134. The SMILES string of the molecule is CN1C(CCCC(O)c2ccc(F)cc2)C(c2ccc(-c3ccc(P(=O)(O)O)cc3)cc2O)N(c2ccccc2)C2SC21. The van der Waals surface area contributed by atoms with Crippen molar-refractivity contribution in [1.82, 2.24) is 4.90 Å². The van der Waals surface area contributed by atoms with Crippen molar-refractivity contribution in [2.75, 3.05) is 11.9 Å². The molecule has 5 unspecified atom stereocenters. The molecule has 43 heavy (non-hydrogen) atoms. The van der Waals surface area contributed by atoms with Crippen molar-refractivity contribution in [2.45, 2.75) is 48.2 Å². The second kappa shape index (κ2) is 12.1. The molecule has 6 rings (SSSR count). The fraction of sp³-hybridized carbons (Fsp3) is 0.273. The zero-order chi connectivity index (χ0) is 30.3. The molecule has 0 bridgehead atoms. The molecule has 7 nitrogen and oxygen atoms in total. The average Bonchev–Trinajstić information content (AvgIpc) is 3.80. The Morgan fingerprint density at radius 1 is 0.907 bits per heavy atom. The molecular formula is C33H34FN2O5PS. The largest absolute Gasteiger partial charge is 0.508 e. The molecule has 4 aromatic carbocycles. The van der Waals surface area contributed by atoms with E-state index in [0.29, 0.717) is 17.4 Å². The molecule has 5 atom stereocenters. The first-order valence-corrected chi connectivity index (χ1v) is 16.8. The highest BCUT2D eigenvalue weighted by molar-refractivity contribution is 8.07. The molecular weight excluding hydrogens is 586 g/mol. The third-order valence-corrected chi connectivity index (χ3v) is 10.8. The van der Waals surface area contributed by atoms with E-state index < -0.39 is 13.7 Å². The number of hydrogen-bond acceptors (Lipinski definition) is 6. The fourth-order valence-corrected chi connectivity index (χ4v) is 7.96. The van der Waals surface area contributed by atoms with Crippen LogP contribution in [0.2, 0.25) is 0 Å². The number of phenolic OH excluding ortho intramolecular Hbond substituents is 1. The van der Waals surface area contributed by atoms with E-state index in [1.54, 1.807) is 30.3 Å². The smallest absolute Gasteiger partial charge is 0.356 e. The van der Waals surface area contributed by atoms with Gasteiger partial charge < -0.3 is 24.9 Å². The van der Waals surface area contributed by atoms with Crippen molar-refractivity contribution in [3.8, 4) is 16.9 Å². The number of likely N-dealkylation sites (N-methyl/N-ethyl adjacent to an activating group) is 1. The van der Waals surface area contributed by atoms with Crippen LogP contribution in [0.25, 0.3) is 11.1 Å². The van der Waals surface area contributed by atoms with E-state index in [-0.39, 0.29) is 34.3 Å². The first-order valence-electron chi connectivity index (χ1n) is 14.3. The van der Waals surface area contributed by atoms with Crippen molar-refractivity contribution < 1.29 is 29.0 Å². The van der Waals surface area contributed by atoms with Gasteiger partial charge in [0.2, 0.25) is 0 Å². The van der Waals surface area contributed by atoms with Crippen molar-refractivity contribution in [2.24, 2.45) is 0 Å². The summed E-state index contributed by atoms with van der Waals surface area (Å²) in [5.74, 6) is -0.180. The third-order valence-electron chi connectivity index (χ3n) is 8.48. The number of benzene rings is 4. The van der Waals surface area contributed by atoms with Crippen LogP contribution in [0.4, 0.5) is 10.1 Å². The minimum atomic E-state index is -4.34. The van der Waals surface area contributed by atoms with Gasteiger partial charge in [-0.2, -0.15) is 0 Å². The number of phenols is 1. The number of aliphatic hydroxyl groups is 1. The van der Waals surface area contributed by atoms with E-state index >= 15 is 0 Å². The maximum Gasteiger partial charge on any atom is 0.356 e. The third kappa shape index (κ3) is 6.25. The van der Waals surface area contributed by atoms with Crippen LogP contribution in [0.15, 0.2) is 97.1 Å². The molecule has 4 aromatic rings. The lowest BCUT2D eigenvalue weighted by atomic mass is 9.88. The van der Waals surface area contributed by atoms with Crippen LogP contribution >= 0.6 is 19.4 Å². The summed E-state index contributed by atoms with van der Waals surface area (Å²) >= 11 is 1.88. The van der Waals surface area contributed by atoms with Crippen LogP contribution in [0.5, 0.6) is 5.75 Å². The van der Waals surface area contributed by atoms with Gasteiger partial charge in [-0.05, 0) is 85.5 Å². The predicted octanol–water partition coefficient (Wildman–Crippen LogP) is 6.17. The molecule has 0 aliphatic carbocycles. The molecule has 2 aliphatic heterocycles. The van der Waals surface area contributed by atoms with Gasteiger partial charge in [-0.25, -0.2) is 4.39 Å². The van der Waals surface area contributed by atoms with Crippen molar-refractivity contribution in [1.29, 1.82) is 0 Å². The number of fused-ring (bicyclic) bond motifs is 1. The number of aromatic hydroxyl groups is 1. The van der Waals surface area contributed by atoms with Crippen LogP contribution in [-0.2, 0) is 4.57 Å². The number of aliphatic hydroxyl groups excluding tert-OH is 1. The van der Waals surface area contributed by atoms with Crippen LogP contribution in [0, 0.1) is 5.82 Å². The normalized spacial score (nSPS) is 22.7. The summed E-state index contributed by atoms with van der Waals surface area (Å²) in [6, 6.07) is 27.8. The summed E-state index contributed by atoms with van der Waals surface area (Å²) in [7, 11) is -2.22. The molecule has 0 saturated carbocycles. The highest BCUT2D eigenvalue weighted by Gasteiger charge is 2.56.